The summed E-state index contributed by atoms with van der Waals surface area (Å²) < 4.78 is 5.88. The number of ether oxygens (including phenoxy) is 1. The normalized spacial score (nSPS) is 17.0. The van der Waals surface area contributed by atoms with Crippen molar-refractivity contribution in [1.82, 2.24) is 15.1 Å². The van der Waals surface area contributed by atoms with Crippen LogP contribution in [0.2, 0.25) is 15.1 Å². The van der Waals surface area contributed by atoms with Gasteiger partial charge in [-0.2, -0.15) is 5.10 Å². The lowest BCUT2D eigenvalue weighted by Gasteiger charge is -2.42. The second-order valence-corrected chi connectivity index (χ2v) is 9.41. The number of nitrogens with one attached hydrogen (secondary N) is 1. The lowest BCUT2D eigenvalue weighted by Crippen LogP contribution is -2.45. The summed E-state index contributed by atoms with van der Waals surface area (Å²) in [6, 6.07) is 7.76. The third-order valence-corrected chi connectivity index (χ3v) is 7.18. The quantitative estimate of drug-likeness (QED) is 0.450. The zero-order chi connectivity index (χ0) is 23.7. The molecule has 9 heteroatoms. The van der Waals surface area contributed by atoms with Gasteiger partial charge in [-0.3, -0.25) is 10.00 Å². The van der Waals surface area contributed by atoms with Crippen molar-refractivity contribution in [2.24, 2.45) is 0 Å². The van der Waals surface area contributed by atoms with Gasteiger partial charge in [0.1, 0.15) is 5.02 Å². The van der Waals surface area contributed by atoms with Gasteiger partial charge in [0.25, 0.3) is 0 Å². The first-order chi connectivity index (χ1) is 15.9. The van der Waals surface area contributed by atoms with Crippen molar-refractivity contribution in [3.05, 3.63) is 74.0 Å². The van der Waals surface area contributed by atoms with E-state index in [4.69, 9.17) is 39.5 Å². The molecule has 176 valence electrons. The molecule has 0 saturated carbocycles. The van der Waals surface area contributed by atoms with Gasteiger partial charge in [-0.05, 0) is 24.5 Å². The number of hydrogen-bond acceptors (Lipinski definition) is 5. The molecule has 0 fully saturated rings. The Balaban J connectivity index is 1.96. The number of H-pyrrole nitrogens is 1. The highest BCUT2D eigenvalue weighted by molar-refractivity contribution is 6.44. The second kappa shape index (κ2) is 10.1. The molecular formula is C24H27Cl3N4O2. The number of anilines is 1. The summed E-state index contributed by atoms with van der Waals surface area (Å²) in [6.45, 7) is 2.89. The molecule has 0 amide bonds. The zero-order valence-corrected chi connectivity index (χ0v) is 21.0. The maximum absolute atomic E-state index is 10.4. The molecule has 2 N–H and O–H groups in total. The van der Waals surface area contributed by atoms with E-state index in [-0.39, 0.29) is 18.7 Å². The predicted molar refractivity (Wildman–Crippen MR) is 134 cm³/mol. The summed E-state index contributed by atoms with van der Waals surface area (Å²) in [5, 5.41) is 18.6. The van der Waals surface area contributed by atoms with E-state index in [9.17, 15) is 5.11 Å². The Labute approximate surface area is 209 Å². The van der Waals surface area contributed by atoms with Crippen LogP contribution in [0.1, 0.15) is 35.2 Å². The number of aliphatic hydroxyl groups excluding tert-OH is 1. The molecule has 2 aromatic carbocycles. The molecule has 1 aliphatic rings. The first-order valence-electron chi connectivity index (χ1n) is 10.8. The fourth-order valence-electron chi connectivity index (χ4n) is 4.56. The minimum Gasteiger partial charge on any atom is -0.491 e. The van der Waals surface area contributed by atoms with Gasteiger partial charge in [0.15, 0.2) is 5.75 Å². The van der Waals surface area contributed by atoms with Gasteiger partial charge < -0.3 is 14.7 Å². The molecular weight excluding hydrogens is 483 g/mol. The molecule has 6 nitrogen and oxygen atoms in total. The van der Waals surface area contributed by atoms with E-state index in [0.29, 0.717) is 51.6 Å². The van der Waals surface area contributed by atoms with Crippen molar-refractivity contribution in [3.8, 4) is 5.75 Å². The molecule has 0 bridgehead atoms. The topological polar surface area (TPSA) is 64.6 Å². The summed E-state index contributed by atoms with van der Waals surface area (Å²) in [4.78, 5) is 4.08. The summed E-state index contributed by atoms with van der Waals surface area (Å²) in [5.41, 5.74) is 4.62. The van der Waals surface area contributed by atoms with Crippen molar-refractivity contribution in [2.75, 3.05) is 32.2 Å². The Hall–Kier alpha value is -1.96. The standard InChI is InChI=1S/C24H27Cl3N4O2/c1-4-33-24-20(26)18(19(25)23(21(24)27)30(2)3)22(16-10-28-29-11-16)31-12-15-8-6-5-7-14(15)9-17(31)13-32/h5-8,10-11,17,22,32H,4,9,12-13H2,1-3H3,(H,28,29). The molecule has 2 heterocycles. The van der Waals surface area contributed by atoms with Gasteiger partial charge in [-0.25, -0.2) is 0 Å². The van der Waals surface area contributed by atoms with E-state index in [2.05, 4.69) is 27.2 Å². The van der Waals surface area contributed by atoms with E-state index in [1.807, 2.05) is 44.2 Å². The van der Waals surface area contributed by atoms with Crippen LogP contribution in [0.3, 0.4) is 0 Å². The third kappa shape index (κ3) is 4.43. The SMILES string of the molecule is CCOc1c(Cl)c(C(c2cn[nH]c2)N2Cc3ccccc3CC2CO)c(Cl)c(N(C)C)c1Cl. The van der Waals surface area contributed by atoms with Crippen LogP contribution >= 0.6 is 34.8 Å². The molecule has 0 spiro atoms. The van der Waals surface area contributed by atoms with Crippen LogP contribution in [0.4, 0.5) is 5.69 Å². The van der Waals surface area contributed by atoms with Crippen LogP contribution in [0.15, 0.2) is 36.7 Å². The molecule has 2 unspecified atom stereocenters. The van der Waals surface area contributed by atoms with Crippen LogP contribution in [0.5, 0.6) is 5.75 Å². The monoisotopic (exact) mass is 508 g/mol. The Kier molecular flexibility index (Phi) is 7.41. The zero-order valence-electron chi connectivity index (χ0n) is 18.8. The van der Waals surface area contributed by atoms with Gasteiger partial charge in [0.2, 0.25) is 0 Å². The van der Waals surface area contributed by atoms with Crippen LogP contribution in [-0.2, 0) is 13.0 Å². The summed E-state index contributed by atoms with van der Waals surface area (Å²) in [6.07, 6.45) is 4.30. The number of hydrogen-bond donors (Lipinski definition) is 2. The summed E-state index contributed by atoms with van der Waals surface area (Å²) in [7, 11) is 3.75. The highest BCUT2D eigenvalue weighted by atomic mass is 35.5. The van der Waals surface area contributed by atoms with Crippen LogP contribution in [-0.4, -0.2) is 53.6 Å². The number of benzene rings is 2. The molecule has 3 aromatic rings. The van der Waals surface area contributed by atoms with Gasteiger partial charge in [-0.15, -0.1) is 0 Å². The van der Waals surface area contributed by atoms with E-state index in [1.165, 1.54) is 11.1 Å². The average molecular weight is 510 g/mol. The van der Waals surface area contributed by atoms with Crippen molar-refractivity contribution < 1.29 is 9.84 Å². The highest BCUT2D eigenvalue weighted by Gasteiger charge is 2.38. The summed E-state index contributed by atoms with van der Waals surface area (Å²) >= 11 is 20.7. The molecule has 4 rings (SSSR count). The maximum Gasteiger partial charge on any atom is 0.159 e. The molecule has 33 heavy (non-hydrogen) atoms. The molecule has 1 aliphatic heterocycles. The van der Waals surface area contributed by atoms with Crippen molar-refractivity contribution in [2.45, 2.75) is 32.0 Å². The van der Waals surface area contributed by atoms with Gasteiger partial charge in [0.05, 0.1) is 41.2 Å². The first-order valence-corrected chi connectivity index (χ1v) is 11.9. The van der Waals surface area contributed by atoms with Crippen LogP contribution < -0.4 is 9.64 Å². The second-order valence-electron chi connectivity index (χ2n) is 8.28. The van der Waals surface area contributed by atoms with Crippen molar-refractivity contribution >= 4 is 40.5 Å². The lowest BCUT2D eigenvalue weighted by molar-refractivity contribution is 0.0798. The smallest absolute Gasteiger partial charge is 0.159 e. The Bertz CT molecular complexity index is 1120. The number of aliphatic hydroxyl groups is 1. The molecule has 0 radical (unpaired) electrons. The Morgan fingerprint density at radius 2 is 1.91 bits per heavy atom. The molecule has 1 aromatic heterocycles. The Morgan fingerprint density at radius 3 is 2.52 bits per heavy atom. The molecule has 0 saturated heterocycles. The number of aromatic nitrogens is 2. The predicted octanol–water partition coefficient (Wildman–Crippen LogP) is 5.34. The third-order valence-electron chi connectivity index (χ3n) is 6.07. The number of aromatic amines is 1. The number of fused-ring (bicyclic) bond motifs is 1. The van der Waals surface area contributed by atoms with Crippen LogP contribution in [0.25, 0.3) is 0 Å². The summed E-state index contributed by atoms with van der Waals surface area (Å²) in [5.74, 6) is 0.399. The maximum atomic E-state index is 10.4. The van der Waals surface area contributed by atoms with Crippen LogP contribution in [0, 0.1) is 0 Å². The highest BCUT2D eigenvalue weighted by Crippen LogP contribution is 2.52. The first kappa shape index (κ1) is 24.2. The number of rotatable bonds is 7. The number of nitrogens with zero attached hydrogens (tertiary/aromatic N) is 3. The number of halogens is 3. The van der Waals surface area contributed by atoms with Gasteiger partial charge in [-0.1, -0.05) is 59.1 Å². The molecule has 0 aliphatic carbocycles. The van der Waals surface area contributed by atoms with Gasteiger partial charge >= 0.3 is 0 Å². The van der Waals surface area contributed by atoms with Crippen molar-refractivity contribution in [3.63, 3.8) is 0 Å². The fourth-order valence-corrected chi connectivity index (χ4v) is 5.93. The molecule has 2 atom stereocenters. The Morgan fingerprint density at radius 1 is 1.18 bits per heavy atom. The minimum absolute atomic E-state index is 0.00956. The van der Waals surface area contributed by atoms with E-state index >= 15 is 0 Å². The van der Waals surface area contributed by atoms with Crippen molar-refractivity contribution in [1.29, 1.82) is 0 Å². The van der Waals surface area contributed by atoms with E-state index in [0.717, 1.165) is 5.56 Å². The fraction of sp³-hybridized carbons (Fsp3) is 0.375. The minimum atomic E-state index is -0.385. The lowest BCUT2D eigenvalue weighted by atomic mass is 9.89. The van der Waals surface area contributed by atoms with E-state index < -0.39 is 0 Å². The largest absolute Gasteiger partial charge is 0.491 e. The van der Waals surface area contributed by atoms with Gasteiger partial charge in [0, 0.05) is 44.0 Å². The van der Waals surface area contributed by atoms with E-state index in [1.54, 1.807) is 6.20 Å². The average Bonchev–Trinajstić information content (AvgIpc) is 3.33.